The number of hydrogen-bond donors (Lipinski definition) is 0. The van der Waals surface area contributed by atoms with Crippen molar-refractivity contribution in [3.05, 3.63) is 28.2 Å². The first kappa shape index (κ1) is 16.5. The van der Waals surface area contributed by atoms with Crippen LogP contribution in [0, 0.1) is 5.92 Å². The van der Waals surface area contributed by atoms with E-state index in [-0.39, 0.29) is 5.92 Å². The van der Waals surface area contributed by atoms with E-state index in [4.69, 9.17) is 4.74 Å². The maximum absolute atomic E-state index is 11.6. The molecular weight excluding hydrogens is 358 g/mol. The molecule has 0 bridgehead atoms. The highest BCUT2D eigenvalue weighted by Gasteiger charge is 2.26. The minimum Gasteiger partial charge on any atom is -0.493 e. The zero-order chi connectivity index (χ0) is 15.5. The molecule has 5 nitrogen and oxygen atoms in total. The first-order valence-electron chi connectivity index (χ1n) is 6.73. The molecule has 1 aliphatic rings. The topological polar surface area (TPSA) is 63.7 Å². The van der Waals surface area contributed by atoms with E-state index < -0.39 is 10.0 Å². The first-order valence-corrected chi connectivity index (χ1v) is 9.37. The van der Waals surface area contributed by atoms with Gasteiger partial charge in [-0.3, -0.25) is 4.79 Å². The minimum absolute atomic E-state index is 0.150. The molecule has 0 amide bonds. The Morgan fingerprint density at radius 1 is 1.48 bits per heavy atom. The van der Waals surface area contributed by atoms with Crippen LogP contribution < -0.4 is 4.74 Å². The van der Waals surface area contributed by atoms with Gasteiger partial charge in [-0.1, -0.05) is 15.9 Å². The van der Waals surface area contributed by atoms with Gasteiger partial charge in [-0.2, -0.15) is 0 Å². The molecule has 1 aliphatic heterocycles. The van der Waals surface area contributed by atoms with Gasteiger partial charge in [-0.25, -0.2) is 12.7 Å². The molecule has 116 valence electrons. The summed E-state index contributed by atoms with van der Waals surface area (Å²) in [5.41, 5.74) is 0.486. The molecular formula is C14H18BrNO4S. The van der Waals surface area contributed by atoms with Crippen LogP contribution in [0.3, 0.4) is 0 Å². The summed E-state index contributed by atoms with van der Waals surface area (Å²) in [6.07, 6.45) is 3.75. The number of aldehydes is 1. The molecule has 0 aromatic heterocycles. The number of carbonyl (C=O) groups is 1. The van der Waals surface area contributed by atoms with Gasteiger partial charge in [-0.05, 0) is 31.0 Å². The zero-order valence-electron chi connectivity index (χ0n) is 11.8. The summed E-state index contributed by atoms with van der Waals surface area (Å²) in [6.45, 7) is 1.47. The normalized spacial score (nSPS) is 20.2. The van der Waals surface area contributed by atoms with Crippen LogP contribution in [-0.4, -0.2) is 45.0 Å². The number of carbonyl (C=O) groups excluding carboxylic acids is 1. The maximum Gasteiger partial charge on any atom is 0.211 e. The second kappa shape index (κ2) is 6.89. The van der Waals surface area contributed by atoms with Gasteiger partial charge in [0.15, 0.2) is 6.29 Å². The highest BCUT2D eigenvalue weighted by atomic mass is 79.9. The summed E-state index contributed by atoms with van der Waals surface area (Å²) in [7, 11) is -3.14. The van der Waals surface area contributed by atoms with E-state index in [1.807, 2.05) is 6.07 Å². The first-order chi connectivity index (χ1) is 9.90. The number of nitrogens with zero attached hydrogens (tertiary/aromatic N) is 1. The number of sulfonamides is 1. The van der Waals surface area contributed by atoms with Crippen molar-refractivity contribution in [3.63, 3.8) is 0 Å². The van der Waals surface area contributed by atoms with Crippen molar-refractivity contribution in [3.8, 4) is 5.75 Å². The van der Waals surface area contributed by atoms with E-state index in [0.29, 0.717) is 31.0 Å². The monoisotopic (exact) mass is 375 g/mol. The second-order valence-corrected chi connectivity index (χ2v) is 8.14. The van der Waals surface area contributed by atoms with Crippen molar-refractivity contribution in [1.82, 2.24) is 4.31 Å². The van der Waals surface area contributed by atoms with Crippen LogP contribution >= 0.6 is 15.9 Å². The zero-order valence-corrected chi connectivity index (χ0v) is 14.2. The molecule has 0 saturated carbocycles. The third kappa shape index (κ3) is 4.52. The Kier molecular flexibility index (Phi) is 5.40. The van der Waals surface area contributed by atoms with Crippen molar-refractivity contribution in [2.24, 2.45) is 5.92 Å². The van der Waals surface area contributed by atoms with E-state index in [9.17, 15) is 13.2 Å². The predicted molar refractivity (Wildman–Crippen MR) is 84.2 cm³/mol. The Morgan fingerprint density at radius 3 is 2.90 bits per heavy atom. The van der Waals surface area contributed by atoms with E-state index in [1.165, 1.54) is 10.6 Å². The van der Waals surface area contributed by atoms with Gasteiger partial charge < -0.3 is 4.74 Å². The maximum atomic E-state index is 11.6. The number of hydrogen-bond acceptors (Lipinski definition) is 4. The fraction of sp³-hybridized carbons (Fsp3) is 0.500. The molecule has 0 radical (unpaired) electrons. The Balaban J connectivity index is 1.98. The van der Waals surface area contributed by atoms with E-state index in [0.717, 1.165) is 23.6 Å². The van der Waals surface area contributed by atoms with Gasteiger partial charge in [0.1, 0.15) is 5.75 Å². The van der Waals surface area contributed by atoms with Crippen molar-refractivity contribution in [2.45, 2.75) is 12.8 Å². The molecule has 1 heterocycles. The lowest BCUT2D eigenvalue weighted by atomic mass is 10.0. The molecule has 1 saturated heterocycles. The molecule has 2 rings (SSSR count). The molecule has 1 unspecified atom stereocenters. The van der Waals surface area contributed by atoms with Gasteiger partial charge in [0, 0.05) is 23.5 Å². The van der Waals surface area contributed by atoms with Crippen LogP contribution in [0.1, 0.15) is 23.2 Å². The largest absolute Gasteiger partial charge is 0.493 e. The number of benzene rings is 1. The third-order valence-corrected chi connectivity index (χ3v) is 5.29. The Labute approximate surface area is 133 Å². The van der Waals surface area contributed by atoms with Crippen LogP contribution in [-0.2, 0) is 10.0 Å². The molecule has 0 spiro atoms. The summed E-state index contributed by atoms with van der Waals surface area (Å²) in [5.74, 6) is 0.682. The summed E-state index contributed by atoms with van der Waals surface area (Å²) >= 11 is 3.31. The highest BCUT2D eigenvalue weighted by Crippen LogP contribution is 2.24. The number of halogens is 1. The van der Waals surface area contributed by atoms with Crippen LogP contribution in [0.5, 0.6) is 5.75 Å². The van der Waals surface area contributed by atoms with E-state index >= 15 is 0 Å². The van der Waals surface area contributed by atoms with Crippen molar-refractivity contribution in [2.75, 3.05) is 26.0 Å². The number of rotatable bonds is 5. The van der Waals surface area contributed by atoms with E-state index in [2.05, 4.69) is 15.9 Å². The molecule has 1 atom stereocenters. The van der Waals surface area contributed by atoms with Gasteiger partial charge in [0.05, 0.1) is 18.4 Å². The average molecular weight is 376 g/mol. The van der Waals surface area contributed by atoms with Crippen LogP contribution in [0.25, 0.3) is 0 Å². The summed E-state index contributed by atoms with van der Waals surface area (Å²) in [4.78, 5) is 11.0. The summed E-state index contributed by atoms with van der Waals surface area (Å²) < 4.78 is 31.2. The molecule has 0 aliphatic carbocycles. The fourth-order valence-corrected chi connectivity index (χ4v) is 3.74. The van der Waals surface area contributed by atoms with Crippen LogP contribution in [0.15, 0.2) is 22.7 Å². The predicted octanol–water partition coefficient (Wildman–Crippen LogP) is 2.31. The van der Waals surface area contributed by atoms with Crippen molar-refractivity contribution >= 4 is 32.2 Å². The summed E-state index contributed by atoms with van der Waals surface area (Å²) in [6, 6.07) is 5.25. The van der Waals surface area contributed by atoms with Crippen molar-refractivity contribution in [1.29, 1.82) is 0 Å². The second-order valence-electron chi connectivity index (χ2n) is 5.24. The van der Waals surface area contributed by atoms with Gasteiger partial charge in [0.2, 0.25) is 10.0 Å². The highest BCUT2D eigenvalue weighted by molar-refractivity contribution is 9.10. The fourth-order valence-electron chi connectivity index (χ4n) is 2.41. The lowest BCUT2D eigenvalue weighted by molar-refractivity contribution is 0.111. The molecule has 1 aromatic carbocycles. The molecule has 21 heavy (non-hydrogen) atoms. The van der Waals surface area contributed by atoms with Crippen LogP contribution in [0.4, 0.5) is 0 Å². The lowest BCUT2D eigenvalue weighted by Crippen LogP contribution is -2.40. The Morgan fingerprint density at radius 2 is 2.24 bits per heavy atom. The van der Waals surface area contributed by atoms with Gasteiger partial charge in [-0.15, -0.1) is 0 Å². The molecule has 7 heteroatoms. The van der Waals surface area contributed by atoms with E-state index in [1.54, 1.807) is 12.1 Å². The quantitative estimate of drug-likeness (QED) is 0.740. The SMILES string of the molecule is CS(=O)(=O)N1CCCC(COc2ccc(Br)cc2C=O)C1. The van der Waals surface area contributed by atoms with Gasteiger partial charge >= 0.3 is 0 Å². The Hall–Kier alpha value is -0.920. The Bertz CT molecular complexity index is 617. The molecule has 1 aromatic rings. The number of ether oxygens (including phenoxy) is 1. The summed E-state index contributed by atoms with van der Waals surface area (Å²) in [5, 5.41) is 0. The minimum atomic E-state index is -3.14. The molecule has 1 fully saturated rings. The lowest BCUT2D eigenvalue weighted by Gasteiger charge is -2.30. The van der Waals surface area contributed by atoms with Crippen molar-refractivity contribution < 1.29 is 17.9 Å². The smallest absolute Gasteiger partial charge is 0.211 e. The standard InChI is InChI=1S/C14H18BrNO4S/c1-21(18,19)16-6-2-3-11(8-16)10-20-14-5-4-13(15)7-12(14)9-17/h4-5,7,9,11H,2-3,6,8,10H2,1H3. The van der Waals surface area contributed by atoms with Gasteiger partial charge in [0.25, 0.3) is 0 Å². The molecule has 0 N–H and O–H groups in total. The third-order valence-electron chi connectivity index (χ3n) is 3.52. The van der Waals surface area contributed by atoms with Crippen LogP contribution in [0.2, 0.25) is 0 Å². The average Bonchev–Trinajstić information content (AvgIpc) is 2.45. The number of piperidine rings is 1.